The summed E-state index contributed by atoms with van der Waals surface area (Å²) in [5, 5.41) is 12.0. The number of carbonyl (C=O) groups excluding carboxylic acids is 3. The Morgan fingerprint density at radius 1 is 1.28 bits per heavy atom. The van der Waals surface area contributed by atoms with E-state index in [1.165, 1.54) is 35.7 Å². The first kappa shape index (κ1) is 23.6. The monoisotopic (exact) mass is 423 g/mol. The molecule has 1 saturated heterocycles. The molecule has 0 bridgehead atoms. The lowest BCUT2D eigenvalue weighted by Gasteiger charge is -2.50. The maximum Gasteiger partial charge on any atom is 0.241 e. The molecule has 1 aliphatic heterocycles. The van der Waals surface area contributed by atoms with Gasteiger partial charge < -0.3 is 9.69 Å². The van der Waals surface area contributed by atoms with E-state index in [0.29, 0.717) is 25.4 Å². The van der Waals surface area contributed by atoms with Gasteiger partial charge in [0.15, 0.2) is 0 Å². The van der Waals surface area contributed by atoms with Crippen molar-refractivity contribution in [3.05, 3.63) is 0 Å². The summed E-state index contributed by atoms with van der Waals surface area (Å²) in [5.74, 6) is 0.539. The molecule has 0 radical (unpaired) electrons. The molecular weight excluding hydrogens is 390 g/mol. The van der Waals surface area contributed by atoms with E-state index in [0.717, 1.165) is 24.9 Å². The SMILES string of the molecule is CSCC[C@@H](C=O)N1C(=O)CN(CC#N)N(C=O)C1CN(C)C1CCCCCC1. The highest BCUT2D eigenvalue weighted by molar-refractivity contribution is 7.98. The molecule has 1 saturated carbocycles. The molecule has 1 heterocycles. The lowest BCUT2D eigenvalue weighted by Crippen LogP contribution is -2.69. The second-order valence-corrected chi connectivity index (χ2v) is 8.80. The van der Waals surface area contributed by atoms with Crippen LogP contribution in [-0.4, -0.2) is 95.4 Å². The van der Waals surface area contributed by atoms with Crippen LogP contribution in [0.4, 0.5) is 0 Å². The van der Waals surface area contributed by atoms with Gasteiger partial charge in [0.1, 0.15) is 19.0 Å². The van der Waals surface area contributed by atoms with E-state index in [2.05, 4.69) is 4.90 Å². The van der Waals surface area contributed by atoms with Gasteiger partial charge in [-0.2, -0.15) is 22.0 Å². The Morgan fingerprint density at radius 2 is 1.97 bits per heavy atom. The van der Waals surface area contributed by atoms with E-state index in [9.17, 15) is 14.4 Å². The molecule has 1 unspecified atom stereocenters. The van der Waals surface area contributed by atoms with Crippen molar-refractivity contribution in [2.24, 2.45) is 0 Å². The fraction of sp³-hybridized carbons (Fsp3) is 0.800. The minimum absolute atomic E-state index is 0.0431. The van der Waals surface area contributed by atoms with Crippen molar-refractivity contribution in [1.82, 2.24) is 19.8 Å². The smallest absolute Gasteiger partial charge is 0.241 e. The highest BCUT2D eigenvalue weighted by Crippen LogP contribution is 2.25. The van der Waals surface area contributed by atoms with Crippen molar-refractivity contribution in [1.29, 1.82) is 5.26 Å². The largest absolute Gasteiger partial charge is 0.309 e. The molecule has 0 aromatic heterocycles. The quantitative estimate of drug-likeness (QED) is 0.298. The number of amides is 2. The molecule has 1 aliphatic carbocycles. The number of nitrogens with zero attached hydrogens (tertiary/aromatic N) is 5. The average molecular weight is 424 g/mol. The molecular formula is C20H33N5O3S. The molecule has 0 aromatic carbocycles. The van der Waals surface area contributed by atoms with Crippen LogP contribution in [0.15, 0.2) is 0 Å². The number of aldehydes is 1. The maximum absolute atomic E-state index is 13.0. The molecule has 0 spiro atoms. The Balaban J connectivity index is 2.27. The van der Waals surface area contributed by atoms with Crippen molar-refractivity contribution >= 4 is 30.4 Å². The van der Waals surface area contributed by atoms with E-state index in [-0.39, 0.29) is 19.0 Å². The lowest BCUT2D eigenvalue weighted by molar-refractivity contribution is -0.186. The third kappa shape index (κ3) is 6.17. The van der Waals surface area contributed by atoms with Crippen LogP contribution in [0.1, 0.15) is 44.9 Å². The number of hydrogen-bond donors (Lipinski definition) is 0. The highest BCUT2D eigenvalue weighted by Gasteiger charge is 2.42. The van der Waals surface area contributed by atoms with E-state index >= 15 is 0 Å². The van der Waals surface area contributed by atoms with Crippen molar-refractivity contribution in [2.45, 2.75) is 63.2 Å². The van der Waals surface area contributed by atoms with Crippen molar-refractivity contribution in [3.8, 4) is 6.07 Å². The van der Waals surface area contributed by atoms with E-state index in [1.807, 2.05) is 19.4 Å². The number of hydrogen-bond acceptors (Lipinski definition) is 7. The van der Waals surface area contributed by atoms with Gasteiger partial charge in [-0.05, 0) is 38.3 Å². The number of nitriles is 1. The number of hydrazine groups is 1. The maximum atomic E-state index is 13.0. The van der Waals surface area contributed by atoms with Crippen molar-refractivity contribution in [2.75, 3.05) is 38.7 Å². The molecule has 162 valence electrons. The van der Waals surface area contributed by atoms with Crippen LogP contribution in [0.5, 0.6) is 0 Å². The molecule has 2 rings (SSSR count). The van der Waals surface area contributed by atoms with Crippen LogP contribution >= 0.6 is 11.8 Å². The van der Waals surface area contributed by atoms with Crippen LogP contribution in [-0.2, 0) is 14.4 Å². The molecule has 2 aliphatic rings. The molecule has 0 N–H and O–H groups in total. The zero-order valence-electron chi connectivity index (χ0n) is 17.5. The number of thioether (sulfide) groups is 1. The van der Waals surface area contributed by atoms with Crippen molar-refractivity contribution in [3.63, 3.8) is 0 Å². The molecule has 2 fully saturated rings. The summed E-state index contributed by atoms with van der Waals surface area (Å²) in [4.78, 5) is 40.6. The molecule has 9 heteroatoms. The van der Waals surface area contributed by atoms with Crippen LogP contribution in [0.3, 0.4) is 0 Å². The van der Waals surface area contributed by atoms with Crippen LogP contribution in [0, 0.1) is 11.3 Å². The molecule has 29 heavy (non-hydrogen) atoms. The summed E-state index contributed by atoms with van der Waals surface area (Å²) >= 11 is 1.62. The fourth-order valence-corrected chi connectivity index (χ4v) is 4.83. The van der Waals surface area contributed by atoms with Crippen LogP contribution in [0.25, 0.3) is 0 Å². The van der Waals surface area contributed by atoms with Gasteiger partial charge in [-0.1, -0.05) is 25.7 Å². The van der Waals surface area contributed by atoms with Crippen LogP contribution in [0.2, 0.25) is 0 Å². The predicted molar refractivity (Wildman–Crippen MR) is 113 cm³/mol. The zero-order valence-corrected chi connectivity index (χ0v) is 18.4. The second kappa shape index (κ2) is 12.2. The van der Waals surface area contributed by atoms with E-state index < -0.39 is 12.2 Å². The molecule has 0 aromatic rings. The lowest BCUT2D eigenvalue weighted by atomic mass is 10.1. The van der Waals surface area contributed by atoms with Gasteiger partial charge >= 0.3 is 0 Å². The third-order valence-corrected chi connectivity index (χ3v) is 6.60. The second-order valence-electron chi connectivity index (χ2n) is 7.82. The number of carbonyl (C=O) groups is 3. The summed E-state index contributed by atoms with van der Waals surface area (Å²) in [5.41, 5.74) is 0. The van der Waals surface area contributed by atoms with Gasteiger partial charge in [0.2, 0.25) is 12.3 Å². The fourth-order valence-electron chi connectivity index (χ4n) is 4.35. The van der Waals surface area contributed by atoms with Gasteiger partial charge in [0.05, 0.1) is 18.7 Å². The molecule has 2 amide bonds. The molecule has 8 nitrogen and oxygen atoms in total. The summed E-state index contributed by atoms with van der Waals surface area (Å²) in [6, 6.07) is 1.85. The highest BCUT2D eigenvalue weighted by atomic mass is 32.2. The van der Waals surface area contributed by atoms with Gasteiger partial charge in [0, 0.05) is 12.6 Å². The normalized spacial score (nSPS) is 23.0. The van der Waals surface area contributed by atoms with Gasteiger partial charge in [-0.25, -0.2) is 0 Å². The van der Waals surface area contributed by atoms with Gasteiger partial charge in [-0.15, -0.1) is 0 Å². The molecule has 2 atom stereocenters. The topological polar surface area (TPSA) is 88.0 Å². The summed E-state index contributed by atoms with van der Waals surface area (Å²) < 4.78 is 0. The number of rotatable bonds is 10. The standard InChI is InChI=1S/C20H33N5O3S/c1-22(17-7-5-3-4-6-8-17)13-19-24(16-27)23(11-10-21)14-20(28)25(19)18(15-26)9-12-29-2/h15-19H,3-9,11-14H2,1-2H3/t18-,19?/m0/s1. The Labute approximate surface area is 178 Å². The Bertz CT molecular complexity index is 591. The van der Waals surface area contributed by atoms with E-state index in [4.69, 9.17) is 5.26 Å². The minimum atomic E-state index is -0.590. The van der Waals surface area contributed by atoms with Gasteiger partial charge in [0.25, 0.3) is 0 Å². The Morgan fingerprint density at radius 3 is 2.52 bits per heavy atom. The van der Waals surface area contributed by atoms with Crippen LogP contribution < -0.4 is 0 Å². The van der Waals surface area contributed by atoms with Crippen molar-refractivity contribution < 1.29 is 14.4 Å². The van der Waals surface area contributed by atoms with E-state index in [1.54, 1.807) is 16.7 Å². The first-order chi connectivity index (χ1) is 14.1. The predicted octanol–water partition coefficient (Wildman–Crippen LogP) is 1.33. The average Bonchev–Trinajstić information content (AvgIpc) is 3.00. The summed E-state index contributed by atoms with van der Waals surface area (Å²) in [6.07, 6.45) is 10.5. The summed E-state index contributed by atoms with van der Waals surface area (Å²) in [6.45, 7) is 0.346. The zero-order chi connectivity index (χ0) is 21.2. The Kier molecular flexibility index (Phi) is 9.91. The first-order valence-corrected chi connectivity index (χ1v) is 11.8. The van der Waals surface area contributed by atoms with Gasteiger partial charge in [-0.3, -0.25) is 19.5 Å². The third-order valence-electron chi connectivity index (χ3n) is 5.95. The summed E-state index contributed by atoms with van der Waals surface area (Å²) in [7, 11) is 2.03. The number of likely N-dealkylation sites (N-methyl/N-ethyl adjacent to an activating group) is 1. The first-order valence-electron chi connectivity index (χ1n) is 10.4. The minimum Gasteiger partial charge on any atom is -0.309 e. The Hall–Kier alpha value is -1.63.